The van der Waals surface area contributed by atoms with Gasteiger partial charge in [-0.2, -0.15) is 5.10 Å². The van der Waals surface area contributed by atoms with Crippen LogP contribution < -0.4 is 0 Å². The highest BCUT2D eigenvalue weighted by atomic mass is 35.5. The van der Waals surface area contributed by atoms with Gasteiger partial charge in [-0.1, -0.05) is 23.2 Å². The summed E-state index contributed by atoms with van der Waals surface area (Å²) >= 11 is 12.4. The fourth-order valence-corrected chi connectivity index (χ4v) is 3.41. The number of halogens is 2. The lowest BCUT2D eigenvalue weighted by Crippen LogP contribution is -2.01. The number of benzene rings is 1. The van der Waals surface area contributed by atoms with Crippen LogP contribution in [0.15, 0.2) is 41.7 Å². The van der Waals surface area contributed by atoms with E-state index in [-0.39, 0.29) is 14.9 Å². The Hall–Kier alpha value is -1.63. The molecule has 3 rings (SSSR count). The van der Waals surface area contributed by atoms with E-state index in [4.69, 9.17) is 23.2 Å². The third-order valence-electron chi connectivity index (χ3n) is 2.95. The van der Waals surface area contributed by atoms with Gasteiger partial charge in [-0.3, -0.25) is 4.98 Å². The molecule has 0 saturated carbocycles. The van der Waals surface area contributed by atoms with Crippen molar-refractivity contribution in [3.05, 3.63) is 46.8 Å². The highest BCUT2D eigenvalue weighted by molar-refractivity contribution is 7.90. The van der Waals surface area contributed by atoms with Crippen LogP contribution in [-0.2, 0) is 9.84 Å². The maximum Gasteiger partial charge on any atom is 0.175 e. The summed E-state index contributed by atoms with van der Waals surface area (Å²) in [4.78, 5) is 4.08. The predicted molar refractivity (Wildman–Crippen MR) is 82.0 cm³/mol. The van der Waals surface area contributed by atoms with E-state index < -0.39 is 9.84 Å². The molecule has 3 aromatic rings. The molecule has 0 radical (unpaired) electrons. The van der Waals surface area contributed by atoms with Gasteiger partial charge in [0.05, 0.1) is 20.5 Å². The van der Waals surface area contributed by atoms with E-state index >= 15 is 0 Å². The molecule has 0 aliphatic heterocycles. The summed E-state index contributed by atoms with van der Waals surface area (Å²) in [5.41, 5.74) is 1.17. The van der Waals surface area contributed by atoms with Crippen molar-refractivity contribution < 1.29 is 8.42 Å². The average molecular weight is 342 g/mol. The molecule has 8 heteroatoms. The Balaban J connectivity index is 2.23. The van der Waals surface area contributed by atoms with E-state index in [1.807, 2.05) is 0 Å². The van der Waals surface area contributed by atoms with Gasteiger partial charge in [-0.05, 0) is 18.2 Å². The predicted octanol–water partition coefficient (Wildman–Crippen LogP) is 3.13. The monoisotopic (exact) mass is 341 g/mol. The molecule has 1 aromatic carbocycles. The van der Waals surface area contributed by atoms with Gasteiger partial charge in [0.15, 0.2) is 9.84 Å². The maximum absolute atomic E-state index is 11.6. The molecule has 0 N–H and O–H groups in total. The number of fused-ring (bicyclic) bond motifs is 1. The minimum atomic E-state index is -3.38. The summed E-state index contributed by atoms with van der Waals surface area (Å²) in [5.74, 6) is 0. The third kappa shape index (κ3) is 2.62. The third-order valence-corrected chi connectivity index (χ3v) is 4.62. The number of aromatic nitrogens is 3. The first-order chi connectivity index (χ1) is 9.86. The zero-order chi connectivity index (χ0) is 15.2. The summed E-state index contributed by atoms with van der Waals surface area (Å²) in [7, 11) is -3.38. The van der Waals surface area contributed by atoms with Crippen LogP contribution in [0.2, 0.25) is 10.0 Å². The first kappa shape index (κ1) is 14.3. The van der Waals surface area contributed by atoms with Gasteiger partial charge in [-0.25, -0.2) is 13.1 Å². The first-order valence-electron chi connectivity index (χ1n) is 5.85. The van der Waals surface area contributed by atoms with Crippen LogP contribution in [0.25, 0.3) is 16.6 Å². The van der Waals surface area contributed by atoms with Gasteiger partial charge in [0.2, 0.25) is 0 Å². The van der Waals surface area contributed by atoms with Gasteiger partial charge in [-0.15, -0.1) is 0 Å². The van der Waals surface area contributed by atoms with Gasteiger partial charge in [0, 0.05) is 30.2 Å². The van der Waals surface area contributed by atoms with E-state index in [1.165, 1.54) is 16.8 Å². The minimum absolute atomic E-state index is 0.0691. The topological polar surface area (TPSA) is 64.8 Å². The second kappa shape index (κ2) is 4.98. The Morgan fingerprint density at radius 2 is 1.86 bits per heavy atom. The molecule has 0 saturated heterocycles. The first-order valence-corrected chi connectivity index (χ1v) is 8.50. The molecule has 0 atom stereocenters. The van der Waals surface area contributed by atoms with Crippen LogP contribution in [0.5, 0.6) is 0 Å². The Kier molecular flexibility index (Phi) is 3.39. The maximum atomic E-state index is 11.6. The fraction of sp³-hybridized carbons (Fsp3) is 0.0769. The second-order valence-corrected chi connectivity index (χ2v) is 7.35. The lowest BCUT2D eigenvalue weighted by atomic mass is 10.3. The molecule has 0 fully saturated rings. The number of pyridine rings is 1. The highest BCUT2D eigenvalue weighted by Gasteiger charge is 2.16. The van der Waals surface area contributed by atoms with Crippen molar-refractivity contribution in [2.75, 3.05) is 6.26 Å². The van der Waals surface area contributed by atoms with Crippen LogP contribution in [0.3, 0.4) is 0 Å². The molecule has 5 nitrogen and oxygen atoms in total. The van der Waals surface area contributed by atoms with E-state index in [9.17, 15) is 8.42 Å². The summed E-state index contributed by atoms with van der Waals surface area (Å²) in [6.45, 7) is 0. The van der Waals surface area contributed by atoms with Crippen LogP contribution in [0, 0.1) is 0 Å². The Morgan fingerprint density at radius 1 is 1.19 bits per heavy atom. The smallest absolute Gasteiger partial charge is 0.175 e. The molecule has 0 unspecified atom stereocenters. The normalized spacial score (nSPS) is 12.0. The molecule has 108 valence electrons. The van der Waals surface area contributed by atoms with Gasteiger partial charge in [0.25, 0.3) is 0 Å². The van der Waals surface area contributed by atoms with E-state index in [2.05, 4.69) is 10.1 Å². The molecule has 0 aliphatic rings. The summed E-state index contributed by atoms with van der Waals surface area (Å²) < 4.78 is 24.7. The second-order valence-electron chi connectivity index (χ2n) is 4.52. The molecule has 2 aromatic heterocycles. The number of hydrogen-bond acceptors (Lipinski definition) is 4. The summed E-state index contributed by atoms with van der Waals surface area (Å²) in [6.07, 6.45) is 6.14. The quantitative estimate of drug-likeness (QED) is 0.718. The van der Waals surface area contributed by atoms with Crippen molar-refractivity contribution in [2.24, 2.45) is 0 Å². The zero-order valence-electron chi connectivity index (χ0n) is 10.8. The summed E-state index contributed by atoms with van der Waals surface area (Å²) in [5, 5.41) is 5.61. The zero-order valence-corrected chi connectivity index (χ0v) is 13.1. The van der Waals surface area contributed by atoms with Crippen molar-refractivity contribution in [2.45, 2.75) is 4.90 Å². The molecule has 21 heavy (non-hydrogen) atoms. The largest absolute Gasteiger partial charge is 0.264 e. The Morgan fingerprint density at radius 3 is 2.43 bits per heavy atom. The minimum Gasteiger partial charge on any atom is -0.264 e. The van der Waals surface area contributed by atoms with Gasteiger partial charge < -0.3 is 0 Å². The molecule has 2 heterocycles. The fourth-order valence-electron chi connectivity index (χ4n) is 1.96. The molecule has 0 bridgehead atoms. The molecule has 0 amide bonds. The number of nitrogens with zero attached hydrogens (tertiary/aromatic N) is 3. The SMILES string of the molecule is CS(=O)(=O)c1cc(Cl)c(-n2cc3cnccc3n2)c(Cl)c1. The van der Waals surface area contributed by atoms with Crippen molar-refractivity contribution in [3.63, 3.8) is 0 Å². The van der Waals surface area contributed by atoms with Gasteiger partial charge in [0.1, 0.15) is 5.69 Å². The Labute approximate surface area is 131 Å². The standard InChI is InChI=1S/C13H9Cl2N3O2S/c1-21(19,20)9-4-10(14)13(11(15)5-9)18-7-8-6-16-3-2-12(8)17-18/h2-7H,1H3. The number of sulfone groups is 1. The number of hydrogen-bond donors (Lipinski definition) is 0. The molecule has 0 aliphatic carbocycles. The van der Waals surface area contributed by atoms with E-state index in [0.717, 1.165) is 17.2 Å². The molecule has 0 spiro atoms. The van der Waals surface area contributed by atoms with Crippen LogP contribution in [-0.4, -0.2) is 29.4 Å². The van der Waals surface area contributed by atoms with Crippen LogP contribution in [0.4, 0.5) is 0 Å². The highest BCUT2D eigenvalue weighted by Crippen LogP contribution is 2.32. The van der Waals surface area contributed by atoms with E-state index in [0.29, 0.717) is 5.69 Å². The lowest BCUT2D eigenvalue weighted by molar-refractivity contribution is 0.602. The van der Waals surface area contributed by atoms with Crippen molar-refractivity contribution in [3.8, 4) is 5.69 Å². The average Bonchev–Trinajstić information content (AvgIpc) is 2.79. The van der Waals surface area contributed by atoms with Crippen molar-refractivity contribution in [1.29, 1.82) is 0 Å². The van der Waals surface area contributed by atoms with Crippen LogP contribution in [0.1, 0.15) is 0 Å². The van der Waals surface area contributed by atoms with Gasteiger partial charge >= 0.3 is 0 Å². The summed E-state index contributed by atoms with van der Waals surface area (Å²) in [6, 6.07) is 4.49. The van der Waals surface area contributed by atoms with Crippen molar-refractivity contribution in [1.82, 2.24) is 14.8 Å². The van der Waals surface area contributed by atoms with E-state index in [1.54, 1.807) is 24.7 Å². The molecular formula is C13H9Cl2N3O2S. The Bertz CT molecular complexity index is 895. The number of rotatable bonds is 2. The lowest BCUT2D eigenvalue weighted by Gasteiger charge is -2.09. The van der Waals surface area contributed by atoms with Crippen LogP contribution >= 0.6 is 23.2 Å². The molecular weight excluding hydrogens is 333 g/mol. The van der Waals surface area contributed by atoms with Crippen molar-refractivity contribution >= 4 is 43.9 Å².